The van der Waals surface area contributed by atoms with Crippen molar-refractivity contribution in [3.05, 3.63) is 24.3 Å². The van der Waals surface area contributed by atoms with Crippen LogP contribution in [-0.2, 0) is 10.0 Å². The SMILES string of the molecule is CCC(CC)CNS(=O)(=O)CCSc1ccccc1N. The molecule has 0 atom stereocenters. The van der Waals surface area contributed by atoms with Gasteiger partial charge in [0.15, 0.2) is 0 Å². The topological polar surface area (TPSA) is 72.2 Å². The fraction of sp³-hybridized carbons (Fsp3) is 0.571. The summed E-state index contributed by atoms with van der Waals surface area (Å²) in [4.78, 5) is 0.933. The molecule has 0 aliphatic heterocycles. The number of para-hydroxylation sites is 1. The molecular weight excluding hydrogens is 292 g/mol. The van der Waals surface area contributed by atoms with E-state index in [-0.39, 0.29) is 5.75 Å². The highest BCUT2D eigenvalue weighted by Crippen LogP contribution is 2.24. The maximum Gasteiger partial charge on any atom is 0.212 e. The van der Waals surface area contributed by atoms with E-state index in [2.05, 4.69) is 18.6 Å². The summed E-state index contributed by atoms with van der Waals surface area (Å²) in [5.41, 5.74) is 6.51. The Kier molecular flexibility index (Phi) is 7.40. The Morgan fingerprint density at radius 1 is 1.25 bits per heavy atom. The molecule has 0 unspecified atom stereocenters. The lowest BCUT2D eigenvalue weighted by Crippen LogP contribution is -2.31. The summed E-state index contributed by atoms with van der Waals surface area (Å²) in [6.07, 6.45) is 1.99. The largest absolute Gasteiger partial charge is 0.398 e. The van der Waals surface area contributed by atoms with Crippen LogP contribution in [0.25, 0.3) is 0 Å². The fourth-order valence-electron chi connectivity index (χ4n) is 1.77. The first-order chi connectivity index (χ1) is 9.48. The zero-order valence-corrected chi connectivity index (χ0v) is 13.8. The number of hydrogen-bond acceptors (Lipinski definition) is 4. The van der Waals surface area contributed by atoms with Gasteiger partial charge in [0.2, 0.25) is 10.0 Å². The molecule has 0 heterocycles. The molecule has 20 heavy (non-hydrogen) atoms. The van der Waals surface area contributed by atoms with Gasteiger partial charge in [-0.2, -0.15) is 0 Å². The number of sulfonamides is 1. The molecule has 0 aliphatic carbocycles. The van der Waals surface area contributed by atoms with Crippen LogP contribution in [0.5, 0.6) is 0 Å². The quantitative estimate of drug-likeness (QED) is 0.543. The molecule has 0 fully saturated rings. The van der Waals surface area contributed by atoms with Crippen LogP contribution in [0.1, 0.15) is 26.7 Å². The Balaban J connectivity index is 2.38. The second kappa shape index (κ2) is 8.54. The van der Waals surface area contributed by atoms with Gasteiger partial charge in [-0.25, -0.2) is 13.1 Å². The lowest BCUT2D eigenvalue weighted by atomic mass is 10.0. The molecule has 6 heteroatoms. The molecule has 3 N–H and O–H groups in total. The van der Waals surface area contributed by atoms with Gasteiger partial charge in [0, 0.05) is 22.9 Å². The summed E-state index contributed by atoms with van der Waals surface area (Å²) in [5, 5.41) is 0. The third kappa shape index (κ3) is 6.15. The minimum atomic E-state index is -3.19. The molecule has 4 nitrogen and oxygen atoms in total. The van der Waals surface area contributed by atoms with E-state index in [1.165, 1.54) is 11.8 Å². The van der Waals surface area contributed by atoms with E-state index in [0.29, 0.717) is 23.9 Å². The third-order valence-electron chi connectivity index (χ3n) is 3.28. The minimum absolute atomic E-state index is 0.117. The number of hydrogen-bond donors (Lipinski definition) is 2. The number of rotatable bonds is 9. The molecule has 0 radical (unpaired) electrons. The van der Waals surface area contributed by atoms with Gasteiger partial charge in [-0.1, -0.05) is 38.8 Å². The summed E-state index contributed by atoms with van der Waals surface area (Å²) in [5.74, 6) is 1.04. The predicted octanol–water partition coefficient (Wildman–Crippen LogP) is 2.72. The third-order valence-corrected chi connectivity index (χ3v) is 5.97. The van der Waals surface area contributed by atoms with Gasteiger partial charge in [0.05, 0.1) is 5.75 Å². The molecule has 0 spiro atoms. The molecule has 1 aromatic rings. The van der Waals surface area contributed by atoms with Crippen LogP contribution < -0.4 is 10.5 Å². The molecular formula is C14H24N2O2S2. The van der Waals surface area contributed by atoms with Crippen LogP contribution >= 0.6 is 11.8 Å². The van der Waals surface area contributed by atoms with Crippen LogP contribution in [-0.4, -0.2) is 26.5 Å². The van der Waals surface area contributed by atoms with Gasteiger partial charge >= 0.3 is 0 Å². The number of thioether (sulfide) groups is 1. The second-order valence-electron chi connectivity index (χ2n) is 4.74. The van der Waals surface area contributed by atoms with E-state index < -0.39 is 10.0 Å². The Morgan fingerprint density at radius 3 is 2.50 bits per heavy atom. The Labute approximate surface area is 126 Å². The number of anilines is 1. The van der Waals surface area contributed by atoms with Crippen molar-refractivity contribution in [1.82, 2.24) is 4.72 Å². The van der Waals surface area contributed by atoms with Gasteiger partial charge in [0.25, 0.3) is 0 Å². The minimum Gasteiger partial charge on any atom is -0.398 e. The summed E-state index contributed by atoms with van der Waals surface area (Å²) in [6, 6.07) is 7.50. The maximum absolute atomic E-state index is 11.9. The van der Waals surface area contributed by atoms with Crippen LogP contribution in [0.3, 0.4) is 0 Å². The van der Waals surface area contributed by atoms with Crippen LogP contribution in [0.4, 0.5) is 5.69 Å². The van der Waals surface area contributed by atoms with Crippen LogP contribution in [0.15, 0.2) is 29.2 Å². The fourth-order valence-corrected chi connectivity index (χ4v) is 4.24. The van der Waals surface area contributed by atoms with Crippen molar-refractivity contribution in [3.8, 4) is 0 Å². The van der Waals surface area contributed by atoms with Crippen molar-refractivity contribution in [2.45, 2.75) is 31.6 Å². The highest BCUT2D eigenvalue weighted by atomic mass is 32.2. The normalized spacial score (nSPS) is 11.9. The summed E-state index contributed by atoms with van der Waals surface area (Å²) in [7, 11) is -3.19. The molecule has 0 bridgehead atoms. The van der Waals surface area contributed by atoms with Crippen molar-refractivity contribution >= 4 is 27.5 Å². The first kappa shape index (κ1) is 17.3. The zero-order valence-electron chi connectivity index (χ0n) is 12.1. The van der Waals surface area contributed by atoms with E-state index in [9.17, 15) is 8.42 Å². The van der Waals surface area contributed by atoms with Gasteiger partial charge in [-0.3, -0.25) is 0 Å². The molecule has 0 saturated heterocycles. The number of nitrogen functional groups attached to an aromatic ring is 1. The van der Waals surface area contributed by atoms with Gasteiger partial charge in [-0.05, 0) is 18.1 Å². The smallest absolute Gasteiger partial charge is 0.212 e. The highest BCUT2D eigenvalue weighted by molar-refractivity contribution is 8.00. The first-order valence-corrected chi connectivity index (χ1v) is 9.57. The first-order valence-electron chi connectivity index (χ1n) is 6.93. The Bertz CT molecular complexity index is 500. The molecule has 1 rings (SSSR count). The van der Waals surface area contributed by atoms with Crippen molar-refractivity contribution in [1.29, 1.82) is 0 Å². The van der Waals surface area contributed by atoms with Crippen LogP contribution in [0.2, 0.25) is 0 Å². The molecule has 1 aromatic carbocycles. The molecule has 0 amide bonds. The maximum atomic E-state index is 11.9. The van der Waals surface area contributed by atoms with E-state index in [4.69, 9.17) is 5.73 Å². The summed E-state index contributed by atoms with van der Waals surface area (Å²) < 4.78 is 26.5. The van der Waals surface area contributed by atoms with Crippen molar-refractivity contribution in [2.75, 3.05) is 23.8 Å². The zero-order chi connectivity index (χ0) is 15.0. The second-order valence-corrected chi connectivity index (χ2v) is 7.80. The molecule has 0 aromatic heterocycles. The van der Waals surface area contributed by atoms with Gasteiger partial charge in [-0.15, -0.1) is 11.8 Å². The van der Waals surface area contributed by atoms with Gasteiger partial charge in [0.1, 0.15) is 0 Å². The Morgan fingerprint density at radius 2 is 1.90 bits per heavy atom. The predicted molar refractivity (Wildman–Crippen MR) is 87.4 cm³/mol. The standard InChI is InChI=1S/C14H24N2O2S2/c1-3-12(4-2)11-16-20(17,18)10-9-19-14-8-6-5-7-13(14)15/h5-8,12,16H,3-4,9-11,15H2,1-2H3. The lowest BCUT2D eigenvalue weighted by Gasteiger charge is -2.13. The number of nitrogens with two attached hydrogens (primary N) is 1. The summed E-state index contributed by atoms with van der Waals surface area (Å²) >= 11 is 1.48. The number of nitrogens with one attached hydrogen (secondary N) is 1. The summed E-state index contributed by atoms with van der Waals surface area (Å²) in [6.45, 7) is 4.69. The van der Waals surface area contributed by atoms with E-state index in [1.807, 2.05) is 24.3 Å². The highest BCUT2D eigenvalue weighted by Gasteiger charge is 2.13. The monoisotopic (exact) mass is 316 g/mol. The molecule has 0 aliphatic rings. The van der Waals surface area contributed by atoms with E-state index in [1.54, 1.807) is 0 Å². The van der Waals surface area contributed by atoms with Crippen molar-refractivity contribution in [3.63, 3.8) is 0 Å². The van der Waals surface area contributed by atoms with Crippen molar-refractivity contribution in [2.24, 2.45) is 5.92 Å². The van der Waals surface area contributed by atoms with Crippen molar-refractivity contribution < 1.29 is 8.42 Å². The molecule has 114 valence electrons. The van der Waals surface area contributed by atoms with Crippen LogP contribution in [0, 0.1) is 5.92 Å². The Hall–Kier alpha value is -0.720. The average molecular weight is 316 g/mol. The van der Waals surface area contributed by atoms with Gasteiger partial charge < -0.3 is 5.73 Å². The van der Waals surface area contributed by atoms with E-state index in [0.717, 1.165) is 17.7 Å². The number of benzene rings is 1. The lowest BCUT2D eigenvalue weighted by molar-refractivity contribution is 0.479. The molecule has 0 saturated carbocycles. The van der Waals surface area contributed by atoms with E-state index >= 15 is 0 Å². The average Bonchev–Trinajstić information content (AvgIpc) is 2.42.